The van der Waals surface area contributed by atoms with Crippen molar-refractivity contribution in [3.05, 3.63) is 69.8 Å². The number of hydrogen-bond donors (Lipinski definition) is 2. The Morgan fingerprint density at radius 1 is 0.760 bits per heavy atom. The Balaban J connectivity index is 2.13. The van der Waals surface area contributed by atoms with E-state index in [1.54, 1.807) is 0 Å². The average molecular weight is 340 g/mol. The number of carboxylic acids is 2. The lowest BCUT2D eigenvalue weighted by atomic mass is 9.87. The molecule has 2 aromatic rings. The zero-order valence-corrected chi connectivity index (χ0v) is 12.3. The minimum Gasteiger partial charge on any atom is -0.478 e. The second-order valence-electron chi connectivity index (χ2n) is 5.46. The van der Waals surface area contributed by atoms with E-state index in [0.29, 0.717) is 0 Å². The summed E-state index contributed by atoms with van der Waals surface area (Å²) in [6, 6.07) is 7.80. The third-order valence-corrected chi connectivity index (χ3v) is 4.16. The number of rotatable bonds is 2. The van der Waals surface area contributed by atoms with Crippen LogP contribution in [0.1, 0.15) is 52.6 Å². The Hall–Kier alpha value is -3.68. The summed E-state index contributed by atoms with van der Waals surface area (Å²) in [5.74, 6) is -6.76. The van der Waals surface area contributed by atoms with Crippen LogP contribution < -0.4 is 0 Å². The lowest BCUT2D eigenvalue weighted by Gasteiger charge is -2.24. The molecule has 25 heavy (non-hydrogen) atoms. The van der Waals surface area contributed by atoms with Gasteiger partial charge in [0.15, 0.2) is 0 Å². The Bertz CT molecular complexity index is 922. The van der Waals surface area contributed by atoms with Gasteiger partial charge in [0.1, 0.15) is 0 Å². The van der Waals surface area contributed by atoms with E-state index in [1.165, 1.54) is 36.4 Å². The summed E-state index contributed by atoms with van der Waals surface area (Å²) in [6.07, 6.45) is 0. The molecule has 0 aliphatic carbocycles. The van der Waals surface area contributed by atoms with Gasteiger partial charge in [0.2, 0.25) is 0 Å². The van der Waals surface area contributed by atoms with Crippen LogP contribution in [0.2, 0.25) is 0 Å². The Labute approximate surface area is 139 Å². The van der Waals surface area contributed by atoms with Gasteiger partial charge in [0.25, 0.3) is 0 Å². The van der Waals surface area contributed by atoms with E-state index in [4.69, 9.17) is 9.47 Å². The molecule has 2 N–H and O–H groups in total. The van der Waals surface area contributed by atoms with Crippen molar-refractivity contribution >= 4 is 23.9 Å². The van der Waals surface area contributed by atoms with E-state index in [-0.39, 0.29) is 33.4 Å². The Morgan fingerprint density at radius 3 is 1.52 bits per heavy atom. The zero-order chi connectivity index (χ0) is 17.9. The summed E-state index contributed by atoms with van der Waals surface area (Å²) in [5.41, 5.74) is -1.20. The first-order valence-electron chi connectivity index (χ1n) is 7.07. The van der Waals surface area contributed by atoms with E-state index in [2.05, 4.69) is 0 Å². The number of aromatic carboxylic acids is 2. The molecule has 8 heteroatoms. The van der Waals surface area contributed by atoms with Crippen LogP contribution in [0.5, 0.6) is 0 Å². The third-order valence-electron chi connectivity index (χ3n) is 4.16. The van der Waals surface area contributed by atoms with E-state index >= 15 is 0 Å². The van der Waals surface area contributed by atoms with Gasteiger partial charge in [-0.25, -0.2) is 19.2 Å². The van der Waals surface area contributed by atoms with Gasteiger partial charge in [0.05, 0.1) is 33.4 Å². The molecule has 0 saturated carbocycles. The topological polar surface area (TPSA) is 127 Å². The predicted octanol–water partition coefficient (Wildman–Crippen LogP) is 1.62. The van der Waals surface area contributed by atoms with Gasteiger partial charge in [-0.1, -0.05) is 12.1 Å². The molecule has 0 unspecified atom stereocenters. The molecule has 0 atom stereocenters. The first-order valence-corrected chi connectivity index (χ1v) is 7.07. The third kappa shape index (κ3) is 1.76. The van der Waals surface area contributed by atoms with Crippen LogP contribution in [0.4, 0.5) is 0 Å². The fourth-order valence-electron chi connectivity index (χ4n) is 3.23. The molecule has 8 nitrogen and oxygen atoms in total. The molecular formula is C17H8O8. The number of esters is 2. The summed E-state index contributed by atoms with van der Waals surface area (Å²) in [4.78, 5) is 47.7. The van der Waals surface area contributed by atoms with Crippen LogP contribution in [0.3, 0.4) is 0 Å². The van der Waals surface area contributed by atoms with Crippen molar-refractivity contribution in [3.8, 4) is 0 Å². The number of ether oxygens (including phenoxy) is 2. The van der Waals surface area contributed by atoms with Crippen LogP contribution >= 0.6 is 0 Å². The average Bonchev–Trinajstić information content (AvgIpc) is 3.02. The van der Waals surface area contributed by atoms with Crippen LogP contribution in [-0.2, 0) is 15.3 Å². The maximum atomic E-state index is 12.2. The van der Waals surface area contributed by atoms with Crippen molar-refractivity contribution in [3.63, 3.8) is 0 Å². The maximum absolute atomic E-state index is 12.2. The van der Waals surface area contributed by atoms with Gasteiger partial charge < -0.3 is 19.7 Å². The SMILES string of the molecule is O=C(O)c1cccc2c1C1(OC2=O)OC(=O)c2cccc(C(=O)O)c21. The molecule has 4 rings (SSSR count). The van der Waals surface area contributed by atoms with Crippen LogP contribution in [0.15, 0.2) is 36.4 Å². The van der Waals surface area contributed by atoms with Gasteiger partial charge in [0, 0.05) is 0 Å². The number of fused-ring (bicyclic) bond motifs is 4. The number of carboxylic acid groups (broad SMARTS) is 2. The minimum atomic E-state index is -2.22. The Kier molecular flexibility index (Phi) is 2.78. The lowest BCUT2D eigenvalue weighted by molar-refractivity contribution is -0.127. The molecule has 2 aromatic carbocycles. The maximum Gasteiger partial charge on any atom is 0.342 e. The van der Waals surface area contributed by atoms with Crippen LogP contribution in [0.25, 0.3) is 0 Å². The van der Waals surface area contributed by atoms with Gasteiger partial charge in [-0.2, -0.15) is 0 Å². The highest BCUT2D eigenvalue weighted by atomic mass is 16.7. The molecule has 1 spiro atoms. The van der Waals surface area contributed by atoms with Crippen molar-refractivity contribution < 1.29 is 38.9 Å². The fourth-order valence-corrected chi connectivity index (χ4v) is 3.23. The highest BCUT2D eigenvalue weighted by Crippen LogP contribution is 2.50. The second kappa shape index (κ2) is 4.67. The summed E-state index contributed by atoms with van der Waals surface area (Å²) < 4.78 is 10.5. The van der Waals surface area contributed by atoms with E-state index in [9.17, 15) is 29.4 Å². The summed E-state index contributed by atoms with van der Waals surface area (Å²) >= 11 is 0. The standard InChI is InChI=1S/C17H8O8/c18-13(19)7-3-1-5-9-11(7)17(24-15(9)22)12-8(14(20)21)4-2-6-10(12)16(23)25-17/h1-6H,(H,18,19)(H,20,21). The van der Waals surface area contributed by atoms with Crippen molar-refractivity contribution in [2.24, 2.45) is 0 Å². The molecule has 0 amide bonds. The quantitative estimate of drug-likeness (QED) is 0.790. The van der Waals surface area contributed by atoms with Crippen LogP contribution in [0, 0.1) is 0 Å². The van der Waals surface area contributed by atoms with Crippen LogP contribution in [-0.4, -0.2) is 34.1 Å². The van der Waals surface area contributed by atoms with Crippen molar-refractivity contribution in [1.82, 2.24) is 0 Å². The highest BCUT2D eigenvalue weighted by Gasteiger charge is 2.59. The lowest BCUT2D eigenvalue weighted by Crippen LogP contribution is -2.31. The van der Waals surface area contributed by atoms with Crippen molar-refractivity contribution in [1.29, 1.82) is 0 Å². The Morgan fingerprint density at radius 2 is 1.16 bits per heavy atom. The molecule has 0 fully saturated rings. The van der Waals surface area contributed by atoms with Gasteiger partial charge in [-0.3, -0.25) is 0 Å². The molecule has 0 saturated heterocycles. The molecule has 0 bridgehead atoms. The monoisotopic (exact) mass is 340 g/mol. The van der Waals surface area contributed by atoms with Gasteiger partial charge in [-0.15, -0.1) is 0 Å². The van der Waals surface area contributed by atoms with Gasteiger partial charge in [-0.05, 0) is 24.3 Å². The summed E-state index contributed by atoms with van der Waals surface area (Å²) in [5, 5.41) is 18.9. The normalized spacial score (nSPS) is 16.2. The molecule has 124 valence electrons. The number of carbonyl (C=O) groups excluding carboxylic acids is 2. The molecule has 2 aliphatic rings. The largest absolute Gasteiger partial charge is 0.478 e. The van der Waals surface area contributed by atoms with E-state index in [0.717, 1.165) is 0 Å². The van der Waals surface area contributed by atoms with E-state index in [1.807, 2.05) is 0 Å². The first-order chi connectivity index (χ1) is 11.9. The number of benzene rings is 2. The molecule has 0 radical (unpaired) electrons. The summed E-state index contributed by atoms with van der Waals surface area (Å²) in [7, 11) is 0. The highest BCUT2D eigenvalue weighted by molar-refractivity contribution is 6.06. The molecule has 2 aliphatic heterocycles. The van der Waals surface area contributed by atoms with Crippen molar-refractivity contribution in [2.75, 3.05) is 0 Å². The fraction of sp³-hybridized carbons (Fsp3) is 0.0588. The first kappa shape index (κ1) is 14.9. The summed E-state index contributed by atoms with van der Waals surface area (Å²) in [6.45, 7) is 0. The minimum absolute atomic E-state index is 0.0965. The van der Waals surface area contributed by atoms with Crippen molar-refractivity contribution in [2.45, 2.75) is 5.79 Å². The zero-order valence-electron chi connectivity index (χ0n) is 12.3. The smallest absolute Gasteiger partial charge is 0.342 e. The molecular weight excluding hydrogens is 332 g/mol. The van der Waals surface area contributed by atoms with Gasteiger partial charge >= 0.3 is 29.7 Å². The number of carbonyl (C=O) groups is 4. The second-order valence-corrected chi connectivity index (χ2v) is 5.46. The number of hydrogen-bond acceptors (Lipinski definition) is 6. The predicted molar refractivity (Wildman–Crippen MR) is 78.4 cm³/mol. The molecule has 2 heterocycles. The van der Waals surface area contributed by atoms with E-state index < -0.39 is 29.7 Å². The molecule has 0 aromatic heterocycles.